The lowest BCUT2D eigenvalue weighted by atomic mass is 9.88. The standard InChI is InChI=1S/C36H45N3/c1-7-22-13-28(14-23(8-2)34(22)37)31-19-32(29-15-24(9-3)35(38)25(10-4)16-29)21-33(20-31)30-17-26(11-5)36(39)27(12-6)18-30/h13-21H,7-12,37-39H2,1-6H3. The second kappa shape index (κ2) is 12.0. The van der Waals surface area contributed by atoms with Gasteiger partial charge in [-0.2, -0.15) is 0 Å². The van der Waals surface area contributed by atoms with Crippen LogP contribution in [-0.4, -0.2) is 0 Å². The second-order valence-electron chi connectivity index (χ2n) is 10.5. The summed E-state index contributed by atoms with van der Waals surface area (Å²) in [5.74, 6) is 0. The van der Waals surface area contributed by atoms with Crippen molar-refractivity contribution < 1.29 is 0 Å². The van der Waals surface area contributed by atoms with Crippen LogP contribution in [-0.2, 0) is 38.5 Å². The molecule has 0 atom stereocenters. The molecule has 0 aliphatic carbocycles. The van der Waals surface area contributed by atoms with Crippen molar-refractivity contribution in [2.24, 2.45) is 0 Å². The van der Waals surface area contributed by atoms with Crippen molar-refractivity contribution in [3.63, 3.8) is 0 Å². The van der Waals surface area contributed by atoms with Crippen molar-refractivity contribution in [2.45, 2.75) is 80.1 Å². The molecule has 0 aliphatic rings. The Bertz CT molecular complexity index is 1230. The van der Waals surface area contributed by atoms with E-state index in [9.17, 15) is 0 Å². The van der Waals surface area contributed by atoms with Gasteiger partial charge in [-0.25, -0.2) is 0 Å². The lowest BCUT2D eigenvalue weighted by Crippen LogP contribution is -2.01. The molecule has 6 N–H and O–H groups in total. The minimum absolute atomic E-state index is 0.911. The molecule has 39 heavy (non-hydrogen) atoms. The van der Waals surface area contributed by atoms with Crippen LogP contribution in [0.15, 0.2) is 54.6 Å². The van der Waals surface area contributed by atoms with Gasteiger partial charge in [-0.3, -0.25) is 0 Å². The third-order valence-electron chi connectivity index (χ3n) is 8.27. The monoisotopic (exact) mass is 519 g/mol. The highest BCUT2D eigenvalue weighted by Crippen LogP contribution is 2.38. The molecule has 0 amide bonds. The summed E-state index contributed by atoms with van der Waals surface area (Å²) in [4.78, 5) is 0. The van der Waals surface area contributed by atoms with Crippen molar-refractivity contribution in [2.75, 3.05) is 17.2 Å². The summed E-state index contributed by atoms with van der Waals surface area (Å²) in [7, 11) is 0. The first kappa shape index (κ1) is 28.3. The first-order valence-electron chi connectivity index (χ1n) is 14.7. The van der Waals surface area contributed by atoms with Gasteiger partial charge in [0, 0.05) is 17.1 Å². The molecule has 0 spiro atoms. The zero-order valence-electron chi connectivity index (χ0n) is 24.7. The fourth-order valence-electron chi connectivity index (χ4n) is 5.72. The molecule has 0 saturated heterocycles. The predicted octanol–water partition coefficient (Wildman–Crippen LogP) is 8.81. The van der Waals surface area contributed by atoms with Crippen LogP contribution in [0, 0.1) is 0 Å². The Kier molecular flexibility index (Phi) is 8.70. The minimum Gasteiger partial charge on any atom is -0.398 e. The molecule has 0 radical (unpaired) electrons. The van der Waals surface area contributed by atoms with Gasteiger partial charge in [0.2, 0.25) is 0 Å². The number of hydrogen-bond donors (Lipinski definition) is 3. The zero-order valence-corrected chi connectivity index (χ0v) is 24.7. The van der Waals surface area contributed by atoms with Gasteiger partial charge >= 0.3 is 0 Å². The van der Waals surface area contributed by atoms with Gasteiger partial charge in [0.25, 0.3) is 0 Å². The van der Waals surface area contributed by atoms with Crippen LogP contribution in [0.3, 0.4) is 0 Å². The normalized spacial score (nSPS) is 11.2. The summed E-state index contributed by atoms with van der Waals surface area (Å²) < 4.78 is 0. The molecule has 4 aromatic rings. The number of rotatable bonds is 9. The smallest absolute Gasteiger partial charge is 0.0379 e. The van der Waals surface area contributed by atoms with Crippen molar-refractivity contribution in [3.05, 3.63) is 88.0 Å². The van der Waals surface area contributed by atoms with Crippen LogP contribution in [0.25, 0.3) is 33.4 Å². The van der Waals surface area contributed by atoms with E-state index in [-0.39, 0.29) is 0 Å². The van der Waals surface area contributed by atoms with Gasteiger partial charge in [0.15, 0.2) is 0 Å². The van der Waals surface area contributed by atoms with Gasteiger partial charge in [0.05, 0.1) is 0 Å². The molecule has 0 aliphatic heterocycles. The fourth-order valence-corrected chi connectivity index (χ4v) is 5.72. The maximum absolute atomic E-state index is 6.53. The van der Waals surface area contributed by atoms with E-state index in [1.807, 2.05) is 0 Å². The van der Waals surface area contributed by atoms with E-state index in [0.29, 0.717) is 0 Å². The highest BCUT2D eigenvalue weighted by atomic mass is 14.6. The summed E-state index contributed by atoms with van der Waals surface area (Å²) in [5.41, 5.74) is 36.9. The first-order valence-corrected chi connectivity index (χ1v) is 14.7. The first-order chi connectivity index (χ1) is 18.8. The highest BCUT2D eigenvalue weighted by Gasteiger charge is 2.15. The predicted molar refractivity (Wildman–Crippen MR) is 172 cm³/mol. The molecule has 4 rings (SSSR count). The van der Waals surface area contributed by atoms with Gasteiger partial charge in [-0.05, 0) is 160 Å². The minimum atomic E-state index is 0.911. The van der Waals surface area contributed by atoms with Crippen LogP contribution >= 0.6 is 0 Å². The zero-order chi connectivity index (χ0) is 28.3. The molecular formula is C36H45N3. The Morgan fingerprint density at radius 2 is 0.462 bits per heavy atom. The molecule has 3 nitrogen and oxygen atoms in total. The van der Waals surface area contributed by atoms with Crippen molar-refractivity contribution in [3.8, 4) is 33.4 Å². The lowest BCUT2D eigenvalue weighted by Gasteiger charge is -2.18. The fraction of sp³-hybridized carbons (Fsp3) is 0.333. The summed E-state index contributed by atoms with van der Waals surface area (Å²) in [6.45, 7) is 13.1. The molecule has 204 valence electrons. The van der Waals surface area contributed by atoms with Crippen LogP contribution in [0.5, 0.6) is 0 Å². The highest BCUT2D eigenvalue weighted by molar-refractivity contribution is 5.84. The molecule has 0 fully saturated rings. The molecule has 4 aromatic carbocycles. The molecule has 3 heteroatoms. The van der Waals surface area contributed by atoms with Gasteiger partial charge in [0.1, 0.15) is 0 Å². The van der Waals surface area contributed by atoms with E-state index < -0.39 is 0 Å². The van der Waals surface area contributed by atoms with Gasteiger partial charge < -0.3 is 17.2 Å². The Labute approximate surface area is 235 Å². The third-order valence-corrected chi connectivity index (χ3v) is 8.27. The van der Waals surface area contributed by atoms with Crippen LogP contribution in [0.4, 0.5) is 17.1 Å². The summed E-state index contributed by atoms with van der Waals surface area (Å²) in [6.07, 6.45) is 5.47. The van der Waals surface area contributed by atoms with Crippen molar-refractivity contribution in [1.82, 2.24) is 0 Å². The van der Waals surface area contributed by atoms with E-state index in [1.165, 1.54) is 66.8 Å². The number of nitrogen functional groups attached to an aromatic ring is 3. The quantitative estimate of drug-likeness (QED) is 0.193. The van der Waals surface area contributed by atoms with Crippen LogP contribution in [0.1, 0.15) is 74.9 Å². The van der Waals surface area contributed by atoms with Crippen molar-refractivity contribution in [1.29, 1.82) is 0 Å². The molecule has 0 unspecified atom stereocenters. The lowest BCUT2D eigenvalue weighted by molar-refractivity contribution is 1.09. The average Bonchev–Trinajstić information content (AvgIpc) is 2.97. The summed E-state index contributed by atoms with van der Waals surface area (Å²) in [6, 6.07) is 20.6. The third kappa shape index (κ3) is 5.54. The summed E-state index contributed by atoms with van der Waals surface area (Å²) >= 11 is 0. The molecular weight excluding hydrogens is 474 g/mol. The molecule has 0 bridgehead atoms. The van der Waals surface area contributed by atoms with Crippen molar-refractivity contribution >= 4 is 17.1 Å². The van der Waals surface area contributed by atoms with E-state index in [1.54, 1.807) is 0 Å². The number of nitrogens with two attached hydrogens (primary N) is 3. The maximum atomic E-state index is 6.53. The van der Waals surface area contributed by atoms with Crippen LogP contribution in [0.2, 0.25) is 0 Å². The maximum Gasteiger partial charge on any atom is 0.0379 e. The largest absolute Gasteiger partial charge is 0.398 e. The van der Waals surface area contributed by atoms with Gasteiger partial charge in [-0.1, -0.05) is 41.5 Å². The Hall–Kier alpha value is -3.72. The number of benzene rings is 4. The molecule has 0 heterocycles. The SMILES string of the molecule is CCc1cc(-c2cc(-c3cc(CC)c(N)c(CC)c3)cc(-c3cc(CC)c(N)c(CC)c3)c2)cc(CC)c1N. The topological polar surface area (TPSA) is 78.1 Å². The summed E-state index contributed by atoms with van der Waals surface area (Å²) in [5, 5.41) is 0. The second-order valence-corrected chi connectivity index (χ2v) is 10.5. The van der Waals surface area contributed by atoms with E-state index in [2.05, 4.69) is 96.1 Å². The van der Waals surface area contributed by atoms with E-state index >= 15 is 0 Å². The number of anilines is 3. The Balaban J connectivity index is 2.04. The Morgan fingerprint density at radius 3 is 0.615 bits per heavy atom. The number of hydrogen-bond acceptors (Lipinski definition) is 3. The van der Waals surface area contributed by atoms with Crippen LogP contribution < -0.4 is 17.2 Å². The molecule has 0 aromatic heterocycles. The molecule has 0 saturated carbocycles. The van der Waals surface area contributed by atoms with Gasteiger partial charge in [-0.15, -0.1) is 0 Å². The number of aryl methyl sites for hydroxylation is 6. The average molecular weight is 520 g/mol. The van der Waals surface area contributed by atoms with E-state index in [0.717, 1.165) is 55.6 Å². The van der Waals surface area contributed by atoms with E-state index in [4.69, 9.17) is 17.2 Å². The Morgan fingerprint density at radius 1 is 0.308 bits per heavy atom.